The van der Waals surface area contributed by atoms with Crippen molar-refractivity contribution >= 4 is 59.2 Å². The van der Waals surface area contributed by atoms with Gasteiger partial charge in [-0.05, 0) is 0 Å². The standard InChI is InChI=1S/C19H27ClFN6O6PS/c1-18(2,3)16(28)35-6-5-30-34(29)31-8-19(7-20)12(33-34)10(21)15(32-19)27-9-24-11-13(23-4)25-17(22)26-14(11)27/h9-10,12,15H,5-8H2,1-4H3,(H3,22,23,25,26)/t10-,12-,15+,19+,34?/m0/s1. The van der Waals surface area contributed by atoms with Crippen LogP contribution in [-0.2, 0) is 27.7 Å². The zero-order valence-electron chi connectivity index (χ0n) is 19.6. The van der Waals surface area contributed by atoms with Crippen molar-refractivity contribution in [1.82, 2.24) is 19.5 Å². The molecule has 0 bridgehead atoms. The Labute approximate surface area is 210 Å². The first kappa shape index (κ1) is 26.5. The highest BCUT2D eigenvalue weighted by molar-refractivity contribution is 8.13. The van der Waals surface area contributed by atoms with Gasteiger partial charge in [-0.3, -0.25) is 22.9 Å². The van der Waals surface area contributed by atoms with Crippen molar-refractivity contribution in [2.75, 3.05) is 42.9 Å². The van der Waals surface area contributed by atoms with Crippen LogP contribution in [0.3, 0.4) is 0 Å². The van der Waals surface area contributed by atoms with Gasteiger partial charge in [0.05, 0.1) is 25.4 Å². The second-order valence-corrected chi connectivity index (χ2v) is 12.1. The van der Waals surface area contributed by atoms with Crippen LogP contribution < -0.4 is 11.1 Å². The maximum atomic E-state index is 15.8. The summed E-state index contributed by atoms with van der Waals surface area (Å²) in [4.78, 5) is 24.5. The molecule has 0 amide bonds. The van der Waals surface area contributed by atoms with Crippen molar-refractivity contribution in [3.8, 4) is 0 Å². The number of imidazole rings is 1. The van der Waals surface area contributed by atoms with E-state index < -0.39 is 37.3 Å². The van der Waals surface area contributed by atoms with Crippen LogP contribution >= 0.6 is 31.2 Å². The molecule has 2 saturated heterocycles. The van der Waals surface area contributed by atoms with E-state index in [1.807, 2.05) is 0 Å². The van der Waals surface area contributed by atoms with Gasteiger partial charge in [-0.2, -0.15) is 9.97 Å². The molecule has 1 unspecified atom stereocenters. The quantitative estimate of drug-likeness (QED) is 0.295. The summed E-state index contributed by atoms with van der Waals surface area (Å²) in [5.74, 6) is 0.355. The molecular weight excluding hydrogens is 526 g/mol. The first-order valence-electron chi connectivity index (χ1n) is 10.7. The first-order valence-corrected chi connectivity index (χ1v) is 13.7. The number of nitrogens with two attached hydrogens (primary N) is 1. The number of anilines is 2. The van der Waals surface area contributed by atoms with Gasteiger partial charge in [-0.15, -0.1) is 11.6 Å². The average molecular weight is 553 g/mol. The van der Waals surface area contributed by atoms with E-state index in [1.54, 1.807) is 27.8 Å². The third-order valence-electron chi connectivity index (χ3n) is 5.50. The van der Waals surface area contributed by atoms with Crippen LogP contribution in [-0.4, -0.2) is 74.4 Å². The van der Waals surface area contributed by atoms with E-state index in [4.69, 9.17) is 35.6 Å². The molecule has 194 valence electrons. The Morgan fingerprint density at radius 3 is 2.89 bits per heavy atom. The van der Waals surface area contributed by atoms with Gasteiger partial charge in [0.2, 0.25) is 5.95 Å². The molecule has 4 rings (SSSR count). The Balaban J connectivity index is 1.51. The highest BCUT2D eigenvalue weighted by Crippen LogP contribution is 2.60. The lowest BCUT2D eigenvalue weighted by Gasteiger charge is -2.38. The van der Waals surface area contributed by atoms with Crippen molar-refractivity contribution in [2.24, 2.45) is 5.41 Å². The van der Waals surface area contributed by atoms with E-state index in [-0.39, 0.29) is 41.6 Å². The summed E-state index contributed by atoms with van der Waals surface area (Å²) in [6, 6.07) is 0. The zero-order chi connectivity index (χ0) is 25.6. The van der Waals surface area contributed by atoms with E-state index in [0.29, 0.717) is 11.3 Å². The number of nitrogens with zero attached hydrogens (tertiary/aromatic N) is 4. The molecule has 16 heteroatoms. The molecule has 2 aliphatic heterocycles. The van der Waals surface area contributed by atoms with Crippen molar-refractivity contribution < 1.29 is 32.1 Å². The largest absolute Gasteiger partial charge is 0.475 e. The number of fused-ring (bicyclic) bond motifs is 2. The van der Waals surface area contributed by atoms with Crippen LogP contribution in [0.4, 0.5) is 16.2 Å². The van der Waals surface area contributed by atoms with Gasteiger partial charge in [0.25, 0.3) is 0 Å². The lowest BCUT2D eigenvalue weighted by molar-refractivity contribution is -0.133. The van der Waals surface area contributed by atoms with E-state index in [0.717, 1.165) is 11.8 Å². The highest BCUT2D eigenvalue weighted by Gasteiger charge is 2.63. The summed E-state index contributed by atoms with van der Waals surface area (Å²) >= 11 is 7.19. The number of halogens is 2. The Kier molecular flexibility index (Phi) is 7.37. The maximum absolute atomic E-state index is 15.8. The second-order valence-electron chi connectivity index (χ2n) is 9.12. The van der Waals surface area contributed by atoms with E-state index in [9.17, 15) is 9.36 Å². The Morgan fingerprint density at radius 2 is 2.23 bits per heavy atom. The predicted molar refractivity (Wildman–Crippen MR) is 129 cm³/mol. The second kappa shape index (κ2) is 9.73. The smallest absolute Gasteiger partial charge is 0.371 e. The topological polar surface area (TPSA) is 153 Å². The van der Waals surface area contributed by atoms with Crippen LogP contribution in [0.2, 0.25) is 0 Å². The third kappa shape index (κ3) is 5.02. The summed E-state index contributed by atoms with van der Waals surface area (Å²) in [6.07, 6.45) is -3.10. The van der Waals surface area contributed by atoms with E-state index >= 15 is 4.39 Å². The number of rotatable bonds is 7. The molecule has 0 aromatic carbocycles. The van der Waals surface area contributed by atoms with Crippen LogP contribution in [0.25, 0.3) is 11.2 Å². The third-order valence-corrected chi connectivity index (χ3v) is 8.63. The van der Waals surface area contributed by atoms with Crippen LogP contribution in [0.15, 0.2) is 6.33 Å². The minimum absolute atomic E-state index is 0.0400. The molecule has 2 aromatic rings. The molecule has 0 radical (unpaired) electrons. The number of nitrogen functional groups attached to an aromatic ring is 1. The van der Waals surface area contributed by atoms with Crippen molar-refractivity contribution in [3.05, 3.63) is 6.33 Å². The minimum Gasteiger partial charge on any atom is -0.371 e. The number of phosphoric ester groups is 1. The number of alkyl halides is 2. The fraction of sp³-hybridized carbons (Fsp3) is 0.684. The van der Waals surface area contributed by atoms with Gasteiger partial charge in [0.1, 0.15) is 11.7 Å². The molecule has 3 N–H and O–H groups in total. The number of hydrogen-bond acceptors (Lipinski definition) is 12. The number of thioether (sulfide) groups is 1. The normalized spacial score (nSPS) is 31.0. The van der Waals surface area contributed by atoms with Gasteiger partial charge in [0.15, 0.2) is 34.5 Å². The van der Waals surface area contributed by atoms with Crippen molar-refractivity contribution in [3.63, 3.8) is 0 Å². The molecule has 12 nitrogen and oxygen atoms in total. The number of carbonyl (C=O) groups is 1. The molecule has 4 heterocycles. The summed E-state index contributed by atoms with van der Waals surface area (Å²) in [7, 11) is -2.49. The molecule has 5 atom stereocenters. The Hall–Kier alpha value is -1.54. The van der Waals surface area contributed by atoms with E-state index in [1.165, 1.54) is 10.9 Å². The van der Waals surface area contributed by atoms with Crippen LogP contribution in [0.1, 0.15) is 27.0 Å². The molecule has 2 aliphatic rings. The van der Waals surface area contributed by atoms with Gasteiger partial charge < -0.3 is 15.8 Å². The molecule has 35 heavy (non-hydrogen) atoms. The Bertz CT molecular complexity index is 1170. The highest BCUT2D eigenvalue weighted by atomic mass is 35.5. The number of nitrogens with one attached hydrogen (secondary N) is 1. The summed E-state index contributed by atoms with van der Waals surface area (Å²) in [5, 5.41) is 2.82. The monoisotopic (exact) mass is 552 g/mol. The molecular formula is C19H27ClFN6O6PS. The molecule has 0 spiro atoms. The number of aromatic nitrogens is 4. The van der Waals surface area contributed by atoms with Gasteiger partial charge in [-0.25, -0.2) is 13.9 Å². The lowest BCUT2D eigenvalue weighted by atomic mass is 9.99. The summed E-state index contributed by atoms with van der Waals surface area (Å²) in [5.41, 5.74) is 4.43. The lowest BCUT2D eigenvalue weighted by Crippen LogP contribution is -2.51. The number of hydrogen-bond donors (Lipinski definition) is 2. The van der Waals surface area contributed by atoms with Crippen molar-refractivity contribution in [1.29, 1.82) is 0 Å². The van der Waals surface area contributed by atoms with E-state index in [2.05, 4.69) is 20.3 Å². The zero-order valence-corrected chi connectivity index (χ0v) is 22.0. The molecule has 2 fully saturated rings. The predicted octanol–water partition coefficient (Wildman–Crippen LogP) is 3.14. The van der Waals surface area contributed by atoms with Crippen LogP contribution in [0.5, 0.6) is 0 Å². The SMILES string of the molecule is CNc1nc(N)nc2c1ncn2[C@@H]1O[C@]2(CCl)COP(=O)(OCCSC(=O)C(C)(C)C)O[C@H]2[C@@H]1F. The van der Waals surface area contributed by atoms with Crippen LogP contribution in [0, 0.1) is 5.41 Å². The summed E-state index contributed by atoms with van der Waals surface area (Å²) < 4.78 is 52.4. The average Bonchev–Trinajstić information content (AvgIpc) is 3.34. The fourth-order valence-corrected chi connectivity index (χ4v) is 6.33. The maximum Gasteiger partial charge on any atom is 0.475 e. The fourth-order valence-electron chi connectivity index (χ4n) is 3.66. The van der Waals surface area contributed by atoms with Gasteiger partial charge in [-0.1, -0.05) is 32.5 Å². The number of ether oxygens (including phenoxy) is 1. The molecule has 0 aliphatic carbocycles. The minimum atomic E-state index is -4.13. The van der Waals surface area contributed by atoms with Gasteiger partial charge in [0, 0.05) is 18.2 Å². The number of phosphoric acid groups is 1. The van der Waals surface area contributed by atoms with Crippen molar-refractivity contribution in [2.45, 2.75) is 44.9 Å². The Morgan fingerprint density at radius 1 is 1.49 bits per heavy atom. The summed E-state index contributed by atoms with van der Waals surface area (Å²) in [6.45, 7) is 4.97. The van der Waals surface area contributed by atoms with Gasteiger partial charge >= 0.3 is 7.82 Å². The number of carbonyl (C=O) groups excluding carboxylic acids is 1. The molecule has 2 aromatic heterocycles. The molecule has 0 saturated carbocycles. The first-order chi connectivity index (χ1) is 16.4.